The predicted octanol–water partition coefficient (Wildman–Crippen LogP) is 0.687. The van der Waals surface area contributed by atoms with Gasteiger partial charge in [0.2, 0.25) is 0 Å². The number of nitrogens with one attached hydrogen (secondary N) is 2. The Kier molecular flexibility index (Phi) is 1.98. The summed E-state index contributed by atoms with van der Waals surface area (Å²) in [6, 6.07) is 1.95. The van der Waals surface area contributed by atoms with Crippen LogP contribution in [0.2, 0.25) is 0 Å². The van der Waals surface area contributed by atoms with Crippen LogP contribution in [0, 0.1) is 0 Å². The van der Waals surface area contributed by atoms with Gasteiger partial charge in [-0.05, 0) is 6.07 Å². The van der Waals surface area contributed by atoms with Gasteiger partial charge >= 0.3 is 0 Å². The van der Waals surface area contributed by atoms with Crippen LogP contribution in [0.15, 0.2) is 31.0 Å². The van der Waals surface area contributed by atoms with Crippen LogP contribution in [-0.4, -0.2) is 31.1 Å². The summed E-state index contributed by atoms with van der Waals surface area (Å²) in [6.07, 6.45) is 8.29. The molecule has 0 bridgehead atoms. The molecule has 0 spiro atoms. The smallest absolute Gasteiger partial charge is 0.160 e. The number of H-pyrrole nitrogens is 1. The molecule has 6 heteroatoms. The SMILES string of the molecule is c1cnc2c([C@@H]3NCCc4[nH]cnc43)cnn2c1. The van der Waals surface area contributed by atoms with Gasteiger partial charge in [0.05, 0.1) is 24.3 Å². The molecule has 2 N–H and O–H groups in total. The first-order valence-electron chi connectivity index (χ1n) is 5.97. The van der Waals surface area contributed by atoms with Gasteiger partial charge in [-0.2, -0.15) is 5.10 Å². The van der Waals surface area contributed by atoms with Gasteiger partial charge in [-0.1, -0.05) is 0 Å². The molecule has 0 saturated heterocycles. The largest absolute Gasteiger partial charge is 0.348 e. The molecule has 90 valence electrons. The van der Waals surface area contributed by atoms with E-state index in [4.69, 9.17) is 0 Å². The minimum atomic E-state index is 0.0763. The van der Waals surface area contributed by atoms with E-state index in [2.05, 4.69) is 25.4 Å². The van der Waals surface area contributed by atoms with Gasteiger partial charge in [0, 0.05) is 36.6 Å². The molecule has 18 heavy (non-hydrogen) atoms. The Hall–Kier alpha value is -2.21. The third-order valence-corrected chi connectivity index (χ3v) is 3.37. The van der Waals surface area contributed by atoms with E-state index in [0.717, 1.165) is 29.9 Å². The molecule has 1 atom stereocenters. The van der Waals surface area contributed by atoms with Crippen LogP contribution in [0.5, 0.6) is 0 Å². The summed E-state index contributed by atoms with van der Waals surface area (Å²) < 4.78 is 1.79. The quantitative estimate of drug-likeness (QED) is 0.656. The van der Waals surface area contributed by atoms with Gasteiger partial charge in [-0.25, -0.2) is 14.5 Å². The second-order valence-corrected chi connectivity index (χ2v) is 4.39. The van der Waals surface area contributed by atoms with Gasteiger partial charge in [-0.3, -0.25) is 0 Å². The highest BCUT2D eigenvalue weighted by Gasteiger charge is 2.26. The van der Waals surface area contributed by atoms with E-state index < -0.39 is 0 Å². The monoisotopic (exact) mass is 240 g/mol. The molecule has 4 heterocycles. The number of fused-ring (bicyclic) bond motifs is 2. The molecule has 0 unspecified atom stereocenters. The molecule has 4 rings (SSSR count). The summed E-state index contributed by atoms with van der Waals surface area (Å²) in [5.41, 5.74) is 4.21. The molecule has 0 fully saturated rings. The Morgan fingerprint density at radius 3 is 3.33 bits per heavy atom. The second-order valence-electron chi connectivity index (χ2n) is 4.39. The van der Waals surface area contributed by atoms with Crippen molar-refractivity contribution in [1.29, 1.82) is 0 Å². The minimum absolute atomic E-state index is 0.0763. The Balaban J connectivity index is 1.90. The lowest BCUT2D eigenvalue weighted by Crippen LogP contribution is -2.30. The Bertz CT molecular complexity index is 697. The molecule has 1 aliphatic rings. The number of nitrogens with zero attached hydrogens (tertiary/aromatic N) is 4. The van der Waals surface area contributed by atoms with Gasteiger partial charge in [0.25, 0.3) is 0 Å². The third kappa shape index (κ3) is 1.29. The maximum atomic E-state index is 4.42. The fourth-order valence-electron chi connectivity index (χ4n) is 2.53. The number of imidazole rings is 1. The summed E-state index contributed by atoms with van der Waals surface area (Å²) in [5.74, 6) is 0. The molecular weight excluding hydrogens is 228 g/mol. The van der Waals surface area contributed by atoms with Crippen LogP contribution in [-0.2, 0) is 6.42 Å². The van der Waals surface area contributed by atoms with Crippen molar-refractivity contribution in [3.8, 4) is 0 Å². The van der Waals surface area contributed by atoms with Crippen LogP contribution in [0.1, 0.15) is 23.0 Å². The van der Waals surface area contributed by atoms with Crippen LogP contribution >= 0.6 is 0 Å². The summed E-state index contributed by atoms with van der Waals surface area (Å²) in [5, 5.41) is 7.81. The molecule has 0 aliphatic carbocycles. The van der Waals surface area contributed by atoms with Crippen LogP contribution in [0.3, 0.4) is 0 Å². The van der Waals surface area contributed by atoms with E-state index in [1.807, 2.05) is 18.5 Å². The van der Waals surface area contributed by atoms with Gasteiger partial charge < -0.3 is 10.3 Å². The number of hydrogen-bond acceptors (Lipinski definition) is 4. The van der Waals surface area contributed by atoms with Crippen molar-refractivity contribution in [2.75, 3.05) is 6.54 Å². The lowest BCUT2D eigenvalue weighted by atomic mass is 10.0. The van der Waals surface area contributed by atoms with E-state index >= 15 is 0 Å². The summed E-state index contributed by atoms with van der Waals surface area (Å²) >= 11 is 0. The highest BCUT2D eigenvalue weighted by atomic mass is 15.2. The number of aromatic nitrogens is 5. The Labute approximate surface area is 103 Å². The minimum Gasteiger partial charge on any atom is -0.348 e. The summed E-state index contributed by atoms with van der Waals surface area (Å²) in [6.45, 7) is 0.935. The van der Waals surface area contributed by atoms with Crippen molar-refractivity contribution in [2.45, 2.75) is 12.5 Å². The van der Waals surface area contributed by atoms with E-state index in [1.54, 1.807) is 17.0 Å². The van der Waals surface area contributed by atoms with Crippen molar-refractivity contribution in [1.82, 2.24) is 29.9 Å². The summed E-state index contributed by atoms with van der Waals surface area (Å²) in [4.78, 5) is 12.0. The van der Waals surface area contributed by atoms with Crippen LogP contribution in [0.4, 0.5) is 0 Å². The first-order chi connectivity index (χ1) is 8.93. The van der Waals surface area contributed by atoms with Crippen molar-refractivity contribution < 1.29 is 0 Å². The molecule has 0 saturated carbocycles. The zero-order valence-corrected chi connectivity index (χ0v) is 9.67. The maximum Gasteiger partial charge on any atom is 0.160 e. The standard InChI is InChI=1S/C12H12N6/c1-3-14-12-8(6-17-18(12)5-1)10-11-9(2-4-13-10)15-7-16-11/h1,3,5-7,10,13H,2,4H2,(H,15,16)/t10-/m0/s1. The van der Waals surface area contributed by atoms with E-state index in [1.165, 1.54) is 5.69 Å². The van der Waals surface area contributed by atoms with E-state index in [0.29, 0.717) is 0 Å². The zero-order valence-electron chi connectivity index (χ0n) is 9.67. The number of hydrogen-bond donors (Lipinski definition) is 2. The van der Waals surface area contributed by atoms with Gasteiger partial charge in [-0.15, -0.1) is 0 Å². The van der Waals surface area contributed by atoms with E-state index in [-0.39, 0.29) is 6.04 Å². The molecule has 0 amide bonds. The summed E-state index contributed by atoms with van der Waals surface area (Å²) in [7, 11) is 0. The molecule has 6 nitrogen and oxygen atoms in total. The topological polar surface area (TPSA) is 70.9 Å². The van der Waals surface area contributed by atoms with E-state index in [9.17, 15) is 0 Å². The predicted molar refractivity (Wildman–Crippen MR) is 65.1 cm³/mol. The lowest BCUT2D eigenvalue weighted by Gasteiger charge is -2.21. The normalized spacial score (nSPS) is 19.0. The van der Waals surface area contributed by atoms with Crippen molar-refractivity contribution in [3.63, 3.8) is 0 Å². The fraction of sp³-hybridized carbons (Fsp3) is 0.250. The fourth-order valence-corrected chi connectivity index (χ4v) is 2.53. The molecule has 0 aromatic carbocycles. The highest BCUT2D eigenvalue weighted by Crippen LogP contribution is 2.27. The first-order valence-corrected chi connectivity index (χ1v) is 5.97. The molecule has 1 aliphatic heterocycles. The molecule has 3 aromatic heterocycles. The van der Waals surface area contributed by atoms with Crippen molar-refractivity contribution >= 4 is 5.65 Å². The number of rotatable bonds is 1. The first kappa shape index (κ1) is 9.78. The molecular formula is C12H12N6. The second kappa shape index (κ2) is 3.64. The Morgan fingerprint density at radius 2 is 2.33 bits per heavy atom. The zero-order chi connectivity index (χ0) is 11.9. The van der Waals surface area contributed by atoms with Crippen molar-refractivity contribution in [3.05, 3.63) is 47.9 Å². The average molecular weight is 240 g/mol. The van der Waals surface area contributed by atoms with Crippen LogP contribution in [0.25, 0.3) is 5.65 Å². The average Bonchev–Trinajstić information content (AvgIpc) is 3.05. The molecule has 0 radical (unpaired) electrons. The molecule has 3 aromatic rings. The van der Waals surface area contributed by atoms with Gasteiger partial charge in [0.1, 0.15) is 0 Å². The maximum absolute atomic E-state index is 4.42. The van der Waals surface area contributed by atoms with Crippen LogP contribution < -0.4 is 5.32 Å². The number of aromatic amines is 1. The lowest BCUT2D eigenvalue weighted by molar-refractivity contribution is 0.555. The van der Waals surface area contributed by atoms with Gasteiger partial charge in [0.15, 0.2) is 5.65 Å². The highest BCUT2D eigenvalue weighted by molar-refractivity contribution is 5.51. The Morgan fingerprint density at radius 1 is 1.33 bits per heavy atom. The van der Waals surface area contributed by atoms with Crippen molar-refractivity contribution in [2.24, 2.45) is 0 Å². The third-order valence-electron chi connectivity index (χ3n) is 3.37.